The Morgan fingerprint density at radius 1 is 0.960 bits per heavy atom. The Balaban J connectivity index is 1.52. The van der Waals surface area contributed by atoms with Crippen molar-refractivity contribution in [2.45, 2.75) is 19.3 Å². The first-order chi connectivity index (χ1) is 12.2. The molecule has 3 rings (SSSR count). The van der Waals surface area contributed by atoms with E-state index in [1.807, 2.05) is 35.2 Å². The second-order valence-corrected chi connectivity index (χ2v) is 6.10. The van der Waals surface area contributed by atoms with Gasteiger partial charge in [0.15, 0.2) is 0 Å². The van der Waals surface area contributed by atoms with Gasteiger partial charge in [-0.05, 0) is 18.4 Å². The third kappa shape index (κ3) is 4.62. The van der Waals surface area contributed by atoms with Crippen LogP contribution in [0.2, 0.25) is 0 Å². The summed E-state index contributed by atoms with van der Waals surface area (Å²) < 4.78 is 0. The van der Waals surface area contributed by atoms with Crippen molar-refractivity contribution in [2.24, 2.45) is 0 Å². The Morgan fingerprint density at radius 2 is 1.72 bits per heavy atom. The number of benzene rings is 1. The first kappa shape index (κ1) is 17.1. The summed E-state index contributed by atoms with van der Waals surface area (Å²) in [5.74, 6) is 0.0318. The fraction of sp³-hybridized carbons (Fsp3) is 0.368. The lowest BCUT2D eigenvalue weighted by Crippen LogP contribution is -2.37. The monoisotopic (exact) mass is 338 g/mol. The van der Waals surface area contributed by atoms with Gasteiger partial charge < -0.3 is 9.80 Å². The zero-order valence-electron chi connectivity index (χ0n) is 14.2. The number of carbonyl (C=O) groups excluding carboxylic acids is 2. The molecule has 2 amide bonds. The lowest BCUT2D eigenvalue weighted by Gasteiger charge is -2.22. The van der Waals surface area contributed by atoms with Crippen molar-refractivity contribution in [2.75, 3.05) is 26.2 Å². The molecular weight excluding hydrogens is 316 g/mol. The number of carbonyl (C=O) groups is 2. The summed E-state index contributed by atoms with van der Waals surface area (Å²) in [5.41, 5.74) is 1.52. The van der Waals surface area contributed by atoms with Crippen molar-refractivity contribution in [3.05, 3.63) is 60.2 Å². The maximum atomic E-state index is 12.5. The molecule has 1 aliphatic rings. The summed E-state index contributed by atoms with van der Waals surface area (Å²) in [5, 5.41) is 0. The number of aromatic nitrogens is 2. The van der Waals surface area contributed by atoms with Crippen molar-refractivity contribution in [1.82, 2.24) is 19.8 Å². The molecule has 1 aliphatic heterocycles. The molecule has 0 bridgehead atoms. The van der Waals surface area contributed by atoms with Crippen LogP contribution < -0.4 is 0 Å². The van der Waals surface area contributed by atoms with Crippen LogP contribution >= 0.6 is 0 Å². The van der Waals surface area contributed by atoms with Crippen molar-refractivity contribution >= 4 is 11.8 Å². The molecule has 1 aromatic heterocycles. The highest BCUT2D eigenvalue weighted by atomic mass is 16.2. The van der Waals surface area contributed by atoms with E-state index in [4.69, 9.17) is 0 Å². The van der Waals surface area contributed by atoms with Gasteiger partial charge in [-0.25, -0.2) is 4.98 Å². The quantitative estimate of drug-likeness (QED) is 0.852. The van der Waals surface area contributed by atoms with E-state index in [1.165, 1.54) is 18.0 Å². The van der Waals surface area contributed by atoms with Crippen molar-refractivity contribution in [1.29, 1.82) is 0 Å². The number of rotatable bonds is 4. The zero-order valence-corrected chi connectivity index (χ0v) is 14.2. The Morgan fingerprint density at radius 3 is 2.48 bits per heavy atom. The fourth-order valence-corrected chi connectivity index (χ4v) is 3.00. The molecule has 0 saturated carbocycles. The second kappa shape index (κ2) is 8.37. The average molecular weight is 338 g/mol. The summed E-state index contributed by atoms with van der Waals surface area (Å²) in [7, 11) is 0. The molecular formula is C19H22N4O2. The van der Waals surface area contributed by atoms with Crippen molar-refractivity contribution in [3.63, 3.8) is 0 Å². The minimum atomic E-state index is -0.119. The number of nitrogens with zero attached hydrogens (tertiary/aromatic N) is 4. The molecule has 1 saturated heterocycles. The fourth-order valence-electron chi connectivity index (χ4n) is 3.00. The number of hydrogen-bond donors (Lipinski definition) is 0. The number of hydrogen-bond acceptors (Lipinski definition) is 4. The molecule has 6 heteroatoms. The predicted molar refractivity (Wildman–Crippen MR) is 93.9 cm³/mol. The summed E-state index contributed by atoms with van der Waals surface area (Å²) >= 11 is 0. The zero-order chi connectivity index (χ0) is 17.5. The van der Waals surface area contributed by atoms with E-state index in [1.54, 1.807) is 11.1 Å². The molecule has 2 heterocycles. The van der Waals surface area contributed by atoms with E-state index in [0.29, 0.717) is 38.3 Å². The Hall–Kier alpha value is -2.76. The summed E-state index contributed by atoms with van der Waals surface area (Å²) in [6, 6.07) is 10.0. The average Bonchev–Trinajstić information content (AvgIpc) is 2.93. The van der Waals surface area contributed by atoms with Gasteiger partial charge in [-0.15, -0.1) is 0 Å². The number of aryl methyl sites for hydroxylation is 1. The molecule has 25 heavy (non-hydrogen) atoms. The second-order valence-electron chi connectivity index (χ2n) is 6.10. The smallest absolute Gasteiger partial charge is 0.274 e. The summed E-state index contributed by atoms with van der Waals surface area (Å²) in [6.07, 6.45) is 6.58. The van der Waals surface area contributed by atoms with Crippen LogP contribution in [0.15, 0.2) is 48.9 Å². The van der Waals surface area contributed by atoms with Crippen molar-refractivity contribution in [3.8, 4) is 0 Å². The molecule has 0 N–H and O–H groups in total. The van der Waals surface area contributed by atoms with E-state index in [0.717, 1.165) is 12.8 Å². The van der Waals surface area contributed by atoms with Crippen LogP contribution in [0.25, 0.3) is 0 Å². The molecule has 6 nitrogen and oxygen atoms in total. The molecule has 2 aromatic rings. The molecule has 0 unspecified atom stereocenters. The Kier molecular flexibility index (Phi) is 5.72. The Labute approximate surface area is 147 Å². The largest absolute Gasteiger partial charge is 0.341 e. The van der Waals surface area contributed by atoms with Gasteiger partial charge in [-0.1, -0.05) is 30.3 Å². The van der Waals surface area contributed by atoms with Crippen molar-refractivity contribution < 1.29 is 9.59 Å². The van der Waals surface area contributed by atoms with Crippen LogP contribution in [-0.4, -0.2) is 57.8 Å². The van der Waals surface area contributed by atoms with Crippen LogP contribution in [0, 0.1) is 0 Å². The highest BCUT2D eigenvalue weighted by molar-refractivity contribution is 5.92. The predicted octanol–water partition coefficient (Wildman–Crippen LogP) is 1.78. The SMILES string of the molecule is O=C(CCc1ccccc1)N1CCCN(C(=O)c2cnccn2)CC1. The summed E-state index contributed by atoms with van der Waals surface area (Å²) in [6.45, 7) is 2.43. The van der Waals surface area contributed by atoms with E-state index < -0.39 is 0 Å². The minimum Gasteiger partial charge on any atom is -0.341 e. The Bertz CT molecular complexity index is 706. The van der Waals surface area contributed by atoms with Gasteiger partial charge in [0.05, 0.1) is 6.20 Å². The van der Waals surface area contributed by atoms with Crippen LogP contribution in [0.1, 0.15) is 28.9 Å². The molecule has 0 aliphatic carbocycles. The third-order valence-electron chi connectivity index (χ3n) is 4.39. The molecule has 1 fully saturated rings. The highest BCUT2D eigenvalue weighted by Crippen LogP contribution is 2.10. The van der Waals surface area contributed by atoms with Gasteiger partial charge in [0.1, 0.15) is 5.69 Å². The van der Waals surface area contributed by atoms with E-state index in [2.05, 4.69) is 9.97 Å². The normalized spacial score (nSPS) is 14.9. The van der Waals surface area contributed by atoms with E-state index in [9.17, 15) is 9.59 Å². The molecule has 0 atom stereocenters. The van der Waals surface area contributed by atoms with Crippen LogP contribution in [0.3, 0.4) is 0 Å². The van der Waals surface area contributed by atoms with Gasteiger partial charge in [0.2, 0.25) is 5.91 Å². The molecule has 0 radical (unpaired) electrons. The highest BCUT2D eigenvalue weighted by Gasteiger charge is 2.23. The van der Waals surface area contributed by atoms with Crippen LogP contribution in [-0.2, 0) is 11.2 Å². The standard InChI is InChI=1S/C19H22N4O2/c24-18(8-7-16-5-2-1-3-6-16)22-11-4-12-23(14-13-22)19(25)17-15-20-9-10-21-17/h1-3,5-6,9-10,15H,4,7-8,11-14H2. The van der Waals surface area contributed by atoms with Crippen LogP contribution in [0.5, 0.6) is 0 Å². The summed E-state index contributed by atoms with van der Waals surface area (Å²) in [4.78, 5) is 36.6. The first-order valence-corrected chi connectivity index (χ1v) is 8.61. The minimum absolute atomic E-state index is 0.119. The maximum absolute atomic E-state index is 12.5. The maximum Gasteiger partial charge on any atom is 0.274 e. The molecule has 130 valence electrons. The molecule has 0 spiro atoms. The third-order valence-corrected chi connectivity index (χ3v) is 4.39. The topological polar surface area (TPSA) is 66.4 Å². The van der Waals surface area contributed by atoms with Gasteiger partial charge in [0, 0.05) is 45.0 Å². The van der Waals surface area contributed by atoms with E-state index >= 15 is 0 Å². The first-order valence-electron chi connectivity index (χ1n) is 8.61. The van der Waals surface area contributed by atoms with Crippen LogP contribution in [0.4, 0.5) is 0 Å². The van der Waals surface area contributed by atoms with Gasteiger partial charge in [-0.2, -0.15) is 0 Å². The number of amides is 2. The van der Waals surface area contributed by atoms with Gasteiger partial charge >= 0.3 is 0 Å². The molecule has 1 aromatic carbocycles. The van der Waals surface area contributed by atoms with E-state index in [-0.39, 0.29) is 11.8 Å². The van der Waals surface area contributed by atoms with Gasteiger partial charge in [-0.3, -0.25) is 14.6 Å². The van der Waals surface area contributed by atoms with Gasteiger partial charge in [0.25, 0.3) is 5.91 Å². The lowest BCUT2D eigenvalue weighted by molar-refractivity contribution is -0.131. The lowest BCUT2D eigenvalue weighted by atomic mass is 10.1.